The fourth-order valence-electron chi connectivity index (χ4n) is 2.81. The summed E-state index contributed by atoms with van der Waals surface area (Å²) in [6.07, 6.45) is 0. The molecule has 0 fully saturated rings. The van der Waals surface area contributed by atoms with Crippen LogP contribution in [0.2, 0.25) is 0 Å². The first-order valence-corrected chi connectivity index (χ1v) is 6.78. The van der Waals surface area contributed by atoms with Gasteiger partial charge in [0, 0.05) is 13.1 Å². The first-order chi connectivity index (χ1) is 10.3. The van der Waals surface area contributed by atoms with Gasteiger partial charge in [-0.05, 0) is 24.3 Å². The number of para-hydroxylation sites is 1. The highest BCUT2D eigenvalue weighted by atomic mass is 19.1. The summed E-state index contributed by atoms with van der Waals surface area (Å²) >= 11 is 0. The van der Waals surface area contributed by atoms with Crippen LogP contribution in [0, 0.1) is 5.82 Å². The van der Waals surface area contributed by atoms with Crippen LogP contribution in [0.1, 0.15) is 10.4 Å². The Morgan fingerprint density at radius 3 is 2.76 bits per heavy atom. The lowest BCUT2D eigenvalue weighted by molar-refractivity contribution is 0.0956. The molecule has 2 aromatic carbocycles. The molecule has 0 saturated carbocycles. The van der Waals surface area contributed by atoms with Crippen LogP contribution in [0.5, 0.6) is 0 Å². The van der Waals surface area contributed by atoms with Gasteiger partial charge in [0.15, 0.2) is 0 Å². The van der Waals surface area contributed by atoms with Crippen molar-refractivity contribution in [3.8, 4) is 11.4 Å². The number of carbonyl (C=O) groups excluding carboxylic acids is 1. The van der Waals surface area contributed by atoms with Crippen molar-refractivity contribution in [3.05, 3.63) is 53.8 Å². The van der Waals surface area contributed by atoms with Crippen molar-refractivity contribution in [2.24, 2.45) is 0 Å². The van der Waals surface area contributed by atoms with Crippen molar-refractivity contribution in [1.29, 1.82) is 0 Å². The molecule has 0 unspecified atom stereocenters. The molecule has 0 aliphatic carbocycles. The maximum Gasteiger partial charge on any atom is 0.253 e. The van der Waals surface area contributed by atoms with Gasteiger partial charge in [0.1, 0.15) is 11.6 Å². The van der Waals surface area contributed by atoms with Crippen molar-refractivity contribution >= 4 is 16.9 Å². The molecular weight excluding hydrogens is 269 g/mol. The largest absolute Gasteiger partial charge is 0.350 e. The molecule has 0 radical (unpaired) electrons. The molecule has 1 aliphatic rings. The summed E-state index contributed by atoms with van der Waals surface area (Å²) in [5, 5.41) is 2.85. The molecule has 4 rings (SSSR count). The third kappa shape index (κ3) is 1.74. The number of hydrogen-bond donors (Lipinski definition) is 1. The van der Waals surface area contributed by atoms with Gasteiger partial charge in [-0.1, -0.05) is 18.2 Å². The number of aromatic nitrogens is 2. The molecule has 0 atom stereocenters. The second kappa shape index (κ2) is 4.41. The molecule has 21 heavy (non-hydrogen) atoms. The quantitative estimate of drug-likeness (QED) is 0.745. The smallest absolute Gasteiger partial charge is 0.253 e. The van der Waals surface area contributed by atoms with Crippen molar-refractivity contribution in [2.45, 2.75) is 6.54 Å². The molecule has 2 heterocycles. The van der Waals surface area contributed by atoms with Crippen molar-refractivity contribution in [3.63, 3.8) is 0 Å². The summed E-state index contributed by atoms with van der Waals surface area (Å²) in [5.41, 5.74) is 2.52. The first kappa shape index (κ1) is 12.1. The number of nitrogens with one attached hydrogen (secondary N) is 1. The average molecular weight is 281 g/mol. The van der Waals surface area contributed by atoms with Gasteiger partial charge in [-0.25, -0.2) is 9.37 Å². The molecule has 0 spiro atoms. The van der Waals surface area contributed by atoms with Gasteiger partial charge in [-0.3, -0.25) is 4.79 Å². The summed E-state index contributed by atoms with van der Waals surface area (Å²) in [5.74, 6) is 0.139. The van der Waals surface area contributed by atoms with Gasteiger partial charge >= 0.3 is 0 Å². The Kier molecular flexibility index (Phi) is 2.54. The topological polar surface area (TPSA) is 46.9 Å². The van der Waals surface area contributed by atoms with Crippen LogP contribution >= 0.6 is 0 Å². The highest BCUT2D eigenvalue weighted by Crippen LogP contribution is 2.29. The Morgan fingerprint density at radius 2 is 1.90 bits per heavy atom. The zero-order valence-electron chi connectivity index (χ0n) is 11.1. The number of nitrogens with zero attached hydrogens (tertiary/aromatic N) is 2. The molecule has 3 aromatic rings. The SMILES string of the molecule is O=C1NCCn2c(-c3ccccc3F)nc3cccc1c32. The van der Waals surface area contributed by atoms with Gasteiger partial charge in [0.25, 0.3) is 5.91 Å². The standard InChI is InChI=1S/C16H12FN3O/c17-12-6-2-1-4-10(12)15-19-13-7-3-5-11-14(13)20(15)9-8-18-16(11)21/h1-7H,8-9H2,(H,18,21). The molecule has 5 heteroatoms. The number of benzene rings is 2. The van der Waals surface area contributed by atoms with E-state index in [2.05, 4.69) is 10.3 Å². The van der Waals surface area contributed by atoms with Crippen molar-refractivity contribution < 1.29 is 9.18 Å². The fraction of sp³-hybridized carbons (Fsp3) is 0.125. The van der Waals surface area contributed by atoms with E-state index in [1.165, 1.54) is 6.07 Å². The molecule has 1 N–H and O–H groups in total. The molecule has 0 saturated heterocycles. The maximum atomic E-state index is 14.1. The average Bonchev–Trinajstić information content (AvgIpc) is 2.77. The third-order valence-electron chi connectivity index (χ3n) is 3.75. The summed E-state index contributed by atoms with van der Waals surface area (Å²) < 4.78 is 16.0. The molecule has 104 valence electrons. The molecule has 1 aliphatic heterocycles. The summed E-state index contributed by atoms with van der Waals surface area (Å²) in [4.78, 5) is 16.6. The minimum atomic E-state index is -0.311. The van der Waals surface area contributed by atoms with E-state index in [1.54, 1.807) is 30.3 Å². The molecular formula is C16H12FN3O. The van der Waals surface area contributed by atoms with Crippen LogP contribution in [0.25, 0.3) is 22.4 Å². The normalized spacial score (nSPS) is 14.0. The lowest BCUT2D eigenvalue weighted by atomic mass is 10.1. The number of imidazole rings is 1. The first-order valence-electron chi connectivity index (χ1n) is 6.78. The van der Waals surface area contributed by atoms with E-state index in [9.17, 15) is 9.18 Å². The van der Waals surface area contributed by atoms with E-state index in [0.29, 0.717) is 35.6 Å². The van der Waals surface area contributed by atoms with Crippen LogP contribution in [0.4, 0.5) is 4.39 Å². The zero-order chi connectivity index (χ0) is 14.4. The number of amides is 1. The summed E-state index contributed by atoms with van der Waals surface area (Å²) in [6.45, 7) is 1.07. The Balaban J connectivity index is 2.08. The lowest BCUT2D eigenvalue weighted by Crippen LogP contribution is -2.24. The van der Waals surface area contributed by atoms with Gasteiger partial charge < -0.3 is 9.88 Å². The highest BCUT2D eigenvalue weighted by molar-refractivity contribution is 6.06. The van der Waals surface area contributed by atoms with Crippen molar-refractivity contribution in [1.82, 2.24) is 14.9 Å². The van der Waals surface area contributed by atoms with Crippen LogP contribution in [0.15, 0.2) is 42.5 Å². The van der Waals surface area contributed by atoms with Crippen LogP contribution in [-0.2, 0) is 6.54 Å². The Hall–Kier alpha value is -2.69. The Morgan fingerprint density at radius 1 is 1.10 bits per heavy atom. The van der Waals surface area contributed by atoms with E-state index >= 15 is 0 Å². The van der Waals surface area contributed by atoms with E-state index in [0.717, 1.165) is 5.52 Å². The second-order valence-electron chi connectivity index (χ2n) is 5.00. The molecule has 0 bridgehead atoms. The number of carbonyl (C=O) groups is 1. The van der Waals surface area contributed by atoms with E-state index in [1.807, 2.05) is 10.6 Å². The highest BCUT2D eigenvalue weighted by Gasteiger charge is 2.22. The maximum absolute atomic E-state index is 14.1. The Labute approximate surface area is 120 Å². The third-order valence-corrected chi connectivity index (χ3v) is 3.75. The molecule has 1 amide bonds. The zero-order valence-corrected chi connectivity index (χ0v) is 11.1. The fourth-order valence-corrected chi connectivity index (χ4v) is 2.81. The van der Waals surface area contributed by atoms with E-state index in [4.69, 9.17) is 0 Å². The van der Waals surface area contributed by atoms with E-state index < -0.39 is 0 Å². The van der Waals surface area contributed by atoms with Crippen molar-refractivity contribution in [2.75, 3.05) is 6.54 Å². The van der Waals surface area contributed by atoms with Gasteiger partial charge in [0.2, 0.25) is 0 Å². The predicted octanol–water partition coefficient (Wildman–Crippen LogP) is 2.59. The van der Waals surface area contributed by atoms with Gasteiger partial charge in [-0.2, -0.15) is 0 Å². The number of rotatable bonds is 1. The number of hydrogen-bond acceptors (Lipinski definition) is 2. The van der Waals surface area contributed by atoms with Crippen LogP contribution in [-0.4, -0.2) is 22.0 Å². The molecule has 1 aromatic heterocycles. The minimum absolute atomic E-state index is 0.112. The second-order valence-corrected chi connectivity index (χ2v) is 5.00. The minimum Gasteiger partial charge on any atom is -0.350 e. The molecule has 4 nitrogen and oxygen atoms in total. The summed E-state index contributed by atoms with van der Waals surface area (Å²) in [7, 11) is 0. The van der Waals surface area contributed by atoms with E-state index in [-0.39, 0.29) is 11.7 Å². The van der Waals surface area contributed by atoms with Gasteiger partial charge in [0.05, 0.1) is 22.2 Å². The Bertz CT molecular complexity index is 869. The predicted molar refractivity (Wildman–Crippen MR) is 77.5 cm³/mol. The summed E-state index contributed by atoms with van der Waals surface area (Å²) in [6, 6.07) is 12.0. The van der Waals surface area contributed by atoms with Gasteiger partial charge in [-0.15, -0.1) is 0 Å². The number of halogens is 1. The lowest BCUT2D eigenvalue weighted by Gasteiger charge is -2.07. The monoisotopic (exact) mass is 281 g/mol. The van der Waals surface area contributed by atoms with Crippen LogP contribution < -0.4 is 5.32 Å². The van der Waals surface area contributed by atoms with Crippen LogP contribution in [0.3, 0.4) is 0 Å².